The molecule has 114 valence electrons. The van der Waals surface area contributed by atoms with Crippen molar-refractivity contribution in [1.29, 1.82) is 0 Å². The van der Waals surface area contributed by atoms with E-state index in [0.29, 0.717) is 12.3 Å². The highest BCUT2D eigenvalue weighted by Crippen LogP contribution is 2.32. The van der Waals surface area contributed by atoms with Crippen molar-refractivity contribution in [3.63, 3.8) is 0 Å². The third kappa shape index (κ3) is 6.85. The maximum atomic E-state index is 12.0. The summed E-state index contributed by atoms with van der Waals surface area (Å²) in [4.78, 5) is 0. The molecule has 1 N–H and O–H groups in total. The van der Waals surface area contributed by atoms with Crippen molar-refractivity contribution in [1.82, 2.24) is 5.32 Å². The molecule has 0 atom stereocenters. The number of halogens is 4. The summed E-state index contributed by atoms with van der Waals surface area (Å²) >= 11 is 3.30. The quantitative estimate of drug-likeness (QED) is 0.675. The van der Waals surface area contributed by atoms with Crippen molar-refractivity contribution < 1.29 is 17.9 Å². The summed E-state index contributed by atoms with van der Waals surface area (Å²) in [6, 6.07) is 5.60. The van der Waals surface area contributed by atoms with Crippen LogP contribution in [0.3, 0.4) is 0 Å². The van der Waals surface area contributed by atoms with Gasteiger partial charge in [-0.15, -0.1) is 0 Å². The van der Waals surface area contributed by atoms with Crippen molar-refractivity contribution in [3.05, 3.63) is 28.2 Å². The normalized spacial score (nSPS) is 11.7. The van der Waals surface area contributed by atoms with Gasteiger partial charge in [-0.3, -0.25) is 0 Å². The lowest BCUT2D eigenvalue weighted by atomic mass is 10.2. The van der Waals surface area contributed by atoms with Crippen molar-refractivity contribution in [2.45, 2.75) is 25.4 Å². The molecule has 0 saturated carbocycles. The summed E-state index contributed by atoms with van der Waals surface area (Å²) in [5, 5.41) is 3.25. The number of nitrogens with one attached hydrogen (secondary N) is 1. The van der Waals surface area contributed by atoms with E-state index in [1.807, 2.05) is 18.2 Å². The molecule has 0 aliphatic rings. The number of hydrogen-bond acceptors (Lipinski definition) is 3. The van der Waals surface area contributed by atoms with Gasteiger partial charge >= 0.3 is 5.51 Å². The fourth-order valence-electron chi connectivity index (χ4n) is 1.56. The van der Waals surface area contributed by atoms with Crippen molar-refractivity contribution >= 4 is 27.7 Å². The number of rotatable bonds is 8. The zero-order valence-corrected chi connectivity index (χ0v) is 13.5. The molecule has 1 aromatic carbocycles. The van der Waals surface area contributed by atoms with Crippen LogP contribution in [0.25, 0.3) is 0 Å². The van der Waals surface area contributed by atoms with Crippen molar-refractivity contribution in [3.8, 4) is 5.75 Å². The Hall–Kier alpha value is -0.400. The molecule has 20 heavy (non-hydrogen) atoms. The maximum absolute atomic E-state index is 12.0. The zero-order chi connectivity index (χ0) is 15.0. The van der Waals surface area contributed by atoms with Crippen LogP contribution in [0, 0.1) is 0 Å². The fraction of sp³-hybridized carbons (Fsp3) is 0.538. The Morgan fingerprint density at radius 2 is 2.10 bits per heavy atom. The van der Waals surface area contributed by atoms with Crippen molar-refractivity contribution in [2.75, 3.05) is 18.9 Å². The Morgan fingerprint density at radius 3 is 2.75 bits per heavy atom. The summed E-state index contributed by atoms with van der Waals surface area (Å²) in [5.41, 5.74) is -3.27. The van der Waals surface area contributed by atoms with Crippen LogP contribution in [0.5, 0.6) is 5.75 Å². The van der Waals surface area contributed by atoms with E-state index in [0.717, 1.165) is 23.0 Å². The molecule has 0 unspecified atom stereocenters. The second kappa shape index (κ2) is 8.79. The third-order valence-corrected chi connectivity index (χ3v) is 3.71. The maximum Gasteiger partial charge on any atom is 0.441 e. The minimum absolute atomic E-state index is 0.0214. The largest absolute Gasteiger partial charge is 0.491 e. The van der Waals surface area contributed by atoms with E-state index in [-0.39, 0.29) is 24.1 Å². The smallest absolute Gasteiger partial charge is 0.441 e. The summed E-state index contributed by atoms with van der Waals surface area (Å²) in [5.74, 6) is 0.492. The van der Waals surface area contributed by atoms with Crippen LogP contribution >= 0.6 is 27.7 Å². The number of hydrogen-bond donors (Lipinski definition) is 1. The van der Waals surface area contributed by atoms with Gasteiger partial charge in [0.15, 0.2) is 0 Å². The van der Waals surface area contributed by atoms with Gasteiger partial charge in [0.05, 0.1) is 11.1 Å². The zero-order valence-electron chi connectivity index (χ0n) is 11.1. The van der Waals surface area contributed by atoms with E-state index in [2.05, 4.69) is 28.2 Å². The highest BCUT2D eigenvalue weighted by Gasteiger charge is 2.27. The van der Waals surface area contributed by atoms with E-state index in [1.54, 1.807) is 0 Å². The predicted octanol–water partition coefficient (Wildman–Crippen LogP) is 4.58. The van der Waals surface area contributed by atoms with E-state index >= 15 is 0 Å². The first-order valence-corrected chi connectivity index (χ1v) is 8.03. The summed E-state index contributed by atoms with van der Waals surface area (Å²) in [7, 11) is 0. The number of thioether (sulfide) groups is 1. The Balaban J connectivity index is 2.54. The molecule has 0 radical (unpaired) electrons. The highest BCUT2D eigenvalue weighted by molar-refractivity contribution is 9.10. The molecule has 0 aliphatic carbocycles. The molecular weight excluding hydrogens is 355 g/mol. The summed E-state index contributed by atoms with van der Waals surface area (Å²) < 4.78 is 42.3. The molecule has 0 heterocycles. The Kier molecular flexibility index (Phi) is 7.76. The lowest BCUT2D eigenvalue weighted by molar-refractivity contribution is -0.0329. The first-order chi connectivity index (χ1) is 9.44. The van der Waals surface area contributed by atoms with Crippen LogP contribution in [-0.4, -0.2) is 24.4 Å². The number of alkyl halides is 3. The molecule has 0 fully saturated rings. The highest BCUT2D eigenvalue weighted by atomic mass is 79.9. The minimum Gasteiger partial charge on any atom is -0.491 e. The van der Waals surface area contributed by atoms with Gasteiger partial charge in [-0.25, -0.2) is 0 Å². The lowest BCUT2D eigenvalue weighted by Gasteiger charge is -2.14. The molecule has 7 heteroatoms. The predicted molar refractivity (Wildman–Crippen MR) is 80.1 cm³/mol. The van der Waals surface area contributed by atoms with Gasteiger partial charge in [0, 0.05) is 17.9 Å². The monoisotopic (exact) mass is 371 g/mol. The first kappa shape index (κ1) is 17.7. The number of para-hydroxylation sites is 1. The summed E-state index contributed by atoms with van der Waals surface area (Å²) in [6.07, 6.45) is 1.02. The van der Waals surface area contributed by atoms with Crippen LogP contribution in [-0.2, 0) is 6.54 Å². The second-order valence-corrected chi connectivity index (χ2v) is 6.06. The van der Waals surface area contributed by atoms with Crippen LogP contribution in [0.1, 0.15) is 18.9 Å². The molecular formula is C13H17BrF3NOS. The lowest BCUT2D eigenvalue weighted by Crippen LogP contribution is -2.15. The topological polar surface area (TPSA) is 21.3 Å². The van der Waals surface area contributed by atoms with Gasteiger partial charge in [-0.05, 0) is 46.7 Å². The minimum atomic E-state index is -4.21. The fourth-order valence-corrected chi connectivity index (χ4v) is 2.48. The second-order valence-electron chi connectivity index (χ2n) is 4.05. The Labute approximate surface area is 129 Å². The van der Waals surface area contributed by atoms with E-state index in [4.69, 9.17) is 4.74 Å². The molecule has 0 aromatic heterocycles. The molecule has 0 saturated heterocycles. The van der Waals surface area contributed by atoms with Gasteiger partial charge < -0.3 is 10.1 Å². The third-order valence-electron chi connectivity index (χ3n) is 2.39. The van der Waals surface area contributed by atoms with E-state index < -0.39 is 5.51 Å². The van der Waals surface area contributed by atoms with Crippen molar-refractivity contribution in [2.24, 2.45) is 0 Å². The molecule has 1 rings (SSSR count). The average Bonchev–Trinajstić information content (AvgIpc) is 2.36. The van der Waals surface area contributed by atoms with Gasteiger partial charge in [-0.1, -0.05) is 19.1 Å². The molecule has 2 nitrogen and oxygen atoms in total. The average molecular weight is 372 g/mol. The SMILES string of the molecule is CCCNCc1cccc(Br)c1OCCSC(F)(F)F. The molecule has 0 spiro atoms. The van der Waals surface area contributed by atoms with Crippen LogP contribution in [0.15, 0.2) is 22.7 Å². The van der Waals surface area contributed by atoms with Crippen LogP contribution < -0.4 is 10.1 Å². The first-order valence-electron chi connectivity index (χ1n) is 6.25. The van der Waals surface area contributed by atoms with E-state index in [1.165, 1.54) is 0 Å². The van der Waals surface area contributed by atoms with Gasteiger partial charge in [-0.2, -0.15) is 13.2 Å². The molecule has 0 amide bonds. The van der Waals surface area contributed by atoms with Crippen LogP contribution in [0.2, 0.25) is 0 Å². The van der Waals surface area contributed by atoms with Gasteiger partial charge in [0.1, 0.15) is 5.75 Å². The number of ether oxygens (including phenoxy) is 1. The van der Waals surface area contributed by atoms with Gasteiger partial charge in [0.25, 0.3) is 0 Å². The number of benzene rings is 1. The molecule has 1 aromatic rings. The standard InChI is InChI=1S/C13H17BrF3NOS/c1-2-6-18-9-10-4-3-5-11(14)12(10)19-7-8-20-13(15,16)17/h3-5,18H,2,6-9H2,1H3. The molecule has 0 aliphatic heterocycles. The molecule has 0 bridgehead atoms. The Morgan fingerprint density at radius 1 is 1.35 bits per heavy atom. The van der Waals surface area contributed by atoms with Crippen LogP contribution in [0.4, 0.5) is 13.2 Å². The Bertz CT molecular complexity index is 415. The van der Waals surface area contributed by atoms with Gasteiger partial charge in [0.2, 0.25) is 0 Å². The summed E-state index contributed by atoms with van der Waals surface area (Å²) in [6.45, 7) is 3.61. The van der Waals surface area contributed by atoms with E-state index in [9.17, 15) is 13.2 Å².